The first-order valence-corrected chi connectivity index (χ1v) is 11.5. The van der Waals surface area contributed by atoms with Crippen LogP contribution in [0.5, 0.6) is 0 Å². The Morgan fingerprint density at radius 3 is 1.50 bits per heavy atom. The number of fused-ring (bicyclic) bond motifs is 3. The van der Waals surface area contributed by atoms with E-state index >= 15 is 0 Å². The Morgan fingerprint density at radius 2 is 1.03 bits per heavy atom. The first kappa shape index (κ1) is 21.4. The smallest absolute Gasteiger partial charge is 0.143 e. The number of nitriles is 2. The van der Waals surface area contributed by atoms with Crippen LogP contribution < -0.4 is 0 Å². The van der Waals surface area contributed by atoms with Crippen molar-refractivity contribution in [3.8, 4) is 40.1 Å². The molecule has 6 aromatic rings. The number of rotatable bonds is 3. The molecule has 0 amide bonds. The zero-order valence-corrected chi connectivity index (χ0v) is 19.1. The lowest BCUT2D eigenvalue weighted by molar-refractivity contribution is 0.623. The minimum absolute atomic E-state index is 0.145. The molecular formula is C32H18FN3. The molecule has 5 aromatic carbocycles. The van der Waals surface area contributed by atoms with Gasteiger partial charge >= 0.3 is 0 Å². The largest absolute Gasteiger partial charge is 0.308 e. The van der Waals surface area contributed by atoms with E-state index in [0.29, 0.717) is 5.69 Å². The summed E-state index contributed by atoms with van der Waals surface area (Å²) in [4.78, 5) is 0. The van der Waals surface area contributed by atoms with Crippen molar-refractivity contribution in [2.45, 2.75) is 0 Å². The molecule has 0 N–H and O–H groups in total. The second kappa shape index (κ2) is 8.55. The van der Waals surface area contributed by atoms with Crippen molar-refractivity contribution < 1.29 is 4.39 Å². The SMILES string of the molecule is N#Cc1cc(C#N)c(-n2c3ccc(-c4ccccc4)cc3c3cc(-c4ccccc4)ccc32)cc1F. The maximum absolute atomic E-state index is 14.8. The molecule has 0 radical (unpaired) electrons. The second-order valence-electron chi connectivity index (χ2n) is 8.60. The molecular weight excluding hydrogens is 445 g/mol. The molecule has 0 aliphatic carbocycles. The van der Waals surface area contributed by atoms with Gasteiger partial charge < -0.3 is 4.57 Å². The predicted octanol–water partition coefficient (Wildman–Crippen LogP) is 8.00. The van der Waals surface area contributed by atoms with Gasteiger partial charge in [0.2, 0.25) is 0 Å². The molecule has 1 aromatic heterocycles. The van der Waals surface area contributed by atoms with E-state index in [1.54, 1.807) is 0 Å². The fourth-order valence-corrected chi connectivity index (χ4v) is 4.83. The summed E-state index contributed by atoms with van der Waals surface area (Å²) in [7, 11) is 0. The normalized spacial score (nSPS) is 10.9. The first-order chi connectivity index (χ1) is 17.7. The van der Waals surface area contributed by atoms with E-state index in [-0.39, 0.29) is 11.1 Å². The van der Waals surface area contributed by atoms with Crippen molar-refractivity contribution in [2.75, 3.05) is 0 Å². The van der Waals surface area contributed by atoms with Crippen molar-refractivity contribution in [1.82, 2.24) is 4.57 Å². The Bertz CT molecular complexity index is 1760. The van der Waals surface area contributed by atoms with Crippen molar-refractivity contribution in [3.05, 3.63) is 126 Å². The molecule has 168 valence electrons. The Labute approximate surface area is 207 Å². The summed E-state index contributed by atoms with van der Waals surface area (Å²) in [5.41, 5.74) is 6.56. The molecule has 4 heteroatoms. The van der Waals surface area contributed by atoms with E-state index < -0.39 is 5.82 Å². The number of hydrogen-bond acceptors (Lipinski definition) is 2. The van der Waals surface area contributed by atoms with Gasteiger partial charge in [-0.25, -0.2) is 4.39 Å². The zero-order chi connectivity index (χ0) is 24.6. The highest BCUT2D eigenvalue weighted by molar-refractivity contribution is 6.11. The highest BCUT2D eigenvalue weighted by Crippen LogP contribution is 2.38. The number of aromatic nitrogens is 1. The Balaban J connectivity index is 1.70. The summed E-state index contributed by atoms with van der Waals surface area (Å²) in [6, 6.07) is 39.3. The summed E-state index contributed by atoms with van der Waals surface area (Å²) < 4.78 is 16.7. The third-order valence-electron chi connectivity index (χ3n) is 6.55. The van der Waals surface area contributed by atoms with Gasteiger partial charge in [0.15, 0.2) is 0 Å². The molecule has 0 spiro atoms. The molecule has 0 unspecified atom stereocenters. The number of nitrogens with zero attached hydrogens (tertiary/aromatic N) is 3. The summed E-state index contributed by atoms with van der Waals surface area (Å²) >= 11 is 0. The molecule has 0 saturated carbocycles. The molecule has 0 atom stereocenters. The molecule has 3 nitrogen and oxygen atoms in total. The van der Waals surface area contributed by atoms with Crippen molar-refractivity contribution in [2.24, 2.45) is 0 Å². The van der Waals surface area contributed by atoms with Crippen molar-refractivity contribution in [1.29, 1.82) is 10.5 Å². The minimum Gasteiger partial charge on any atom is -0.308 e. The van der Waals surface area contributed by atoms with Crippen LogP contribution in [0.1, 0.15) is 11.1 Å². The average Bonchev–Trinajstić information content (AvgIpc) is 3.26. The van der Waals surface area contributed by atoms with E-state index in [0.717, 1.165) is 44.1 Å². The first-order valence-electron chi connectivity index (χ1n) is 11.5. The van der Waals surface area contributed by atoms with Crippen LogP contribution in [0.2, 0.25) is 0 Å². The Morgan fingerprint density at radius 1 is 0.528 bits per heavy atom. The van der Waals surface area contributed by atoms with Crippen LogP contribution in [0.15, 0.2) is 109 Å². The standard InChI is InChI=1S/C32H18FN3/c33-29-18-32(26(20-35)15-25(29)19-34)36-30-13-11-23(21-7-3-1-4-8-21)16-27(30)28-17-24(12-14-31(28)36)22-9-5-2-6-10-22/h1-18H. The van der Waals surface area contributed by atoms with Crippen LogP contribution >= 0.6 is 0 Å². The molecule has 1 heterocycles. The summed E-state index contributed by atoms with van der Waals surface area (Å²) in [6.07, 6.45) is 0. The lowest BCUT2D eigenvalue weighted by Gasteiger charge is -2.11. The fraction of sp³-hybridized carbons (Fsp3) is 0. The van der Waals surface area contributed by atoms with Gasteiger partial charge in [0, 0.05) is 16.8 Å². The Hall–Kier alpha value is -5.19. The maximum Gasteiger partial charge on any atom is 0.143 e. The lowest BCUT2D eigenvalue weighted by atomic mass is 10.0. The van der Waals surface area contributed by atoms with Gasteiger partial charge in [0.25, 0.3) is 0 Å². The van der Waals surface area contributed by atoms with Crippen LogP contribution in [0.25, 0.3) is 49.7 Å². The van der Waals surface area contributed by atoms with Gasteiger partial charge in [-0.2, -0.15) is 10.5 Å². The lowest BCUT2D eigenvalue weighted by Crippen LogP contribution is -2.00. The van der Waals surface area contributed by atoms with Gasteiger partial charge in [-0.1, -0.05) is 72.8 Å². The van der Waals surface area contributed by atoms with Crippen LogP contribution in [-0.2, 0) is 0 Å². The predicted molar refractivity (Wildman–Crippen MR) is 141 cm³/mol. The minimum atomic E-state index is -0.650. The van der Waals surface area contributed by atoms with E-state index in [1.807, 2.05) is 71.3 Å². The van der Waals surface area contributed by atoms with E-state index in [1.165, 1.54) is 12.1 Å². The third-order valence-corrected chi connectivity index (χ3v) is 6.55. The Kier molecular flexibility index (Phi) is 5.07. The average molecular weight is 464 g/mol. The monoisotopic (exact) mass is 463 g/mol. The second-order valence-corrected chi connectivity index (χ2v) is 8.60. The van der Waals surface area contributed by atoms with E-state index in [2.05, 4.69) is 42.5 Å². The van der Waals surface area contributed by atoms with E-state index in [9.17, 15) is 14.9 Å². The van der Waals surface area contributed by atoms with Gasteiger partial charge in [-0.05, 0) is 52.6 Å². The zero-order valence-electron chi connectivity index (χ0n) is 19.1. The molecule has 0 fully saturated rings. The topological polar surface area (TPSA) is 52.5 Å². The quantitative estimate of drug-likeness (QED) is 0.267. The molecule has 0 aliphatic rings. The fourth-order valence-electron chi connectivity index (χ4n) is 4.83. The number of halogens is 1. The summed E-state index contributed by atoms with van der Waals surface area (Å²) in [5.74, 6) is -0.650. The van der Waals surface area contributed by atoms with Crippen LogP contribution in [0.4, 0.5) is 4.39 Å². The van der Waals surface area contributed by atoms with Gasteiger partial charge in [-0.15, -0.1) is 0 Å². The molecule has 0 saturated heterocycles. The van der Waals surface area contributed by atoms with Gasteiger partial charge in [0.05, 0.1) is 27.8 Å². The number of hydrogen-bond donors (Lipinski definition) is 0. The maximum atomic E-state index is 14.8. The van der Waals surface area contributed by atoms with E-state index in [4.69, 9.17) is 0 Å². The van der Waals surface area contributed by atoms with Crippen LogP contribution in [0.3, 0.4) is 0 Å². The summed E-state index contributed by atoms with van der Waals surface area (Å²) in [6.45, 7) is 0. The molecule has 6 rings (SSSR count). The molecule has 36 heavy (non-hydrogen) atoms. The van der Waals surface area contributed by atoms with Crippen LogP contribution in [-0.4, -0.2) is 4.57 Å². The highest BCUT2D eigenvalue weighted by Gasteiger charge is 2.18. The van der Waals surface area contributed by atoms with Gasteiger partial charge in [0.1, 0.15) is 18.0 Å². The molecule has 0 bridgehead atoms. The van der Waals surface area contributed by atoms with Gasteiger partial charge in [-0.3, -0.25) is 0 Å². The highest BCUT2D eigenvalue weighted by atomic mass is 19.1. The van der Waals surface area contributed by atoms with Crippen molar-refractivity contribution >= 4 is 21.8 Å². The summed E-state index contributed by atoms with van der Waals surface area (Å²) in [5, 5.41) is 21.1. The third kappa shape index (κ3) is 3.41. The molecule has 0 aliphatic heterocycles. The van der Waals surface area contributed by atoms with Crippen LogP contribution in [0, 0.1) is 28.5 Å². The number of benzene rings is 5. The van der Waals surface area contributed by atoms with Crippen molar-refractivity contribution in [3.63, 3.8) is 0 Å².